The smallest absolute Gasteiger partial charge is 0.243 e. The molecule has 1 N–H and O–H groups in total. The molecular weight excluding hydrogens is 588 g/mol. The normalized spacial score (nSPS) is 19.3. The van der Waals surface area contributed by atoms with Gasteiger partial charge in [0, 0.05) is 19.0 Å². The summed E-state index contributed by atoms with van der Waals surface area (Å²) in [5.74, 6) is -0.394. The Labute approximate surface area is 259 Å². The molecule has 0 saturated carbocycles. The van der Waals surface area contributed by atoms with Crippen LogP contribution in [0.1, 0.15) is 76.9 Å². The van der Waals surface area contributed by atoms with Gasteiger partial charge in [-0.2, -0.15) is 0 Å². The van der Waals surface area contributed by atoms with Gasteiger partial charge < -0.3 is 19.2 Å². The van der Waals surface area contributed by atoms with E-state index in [0.29, 0.717) is 23.9 Å². The van der Waals surface area contributed by atoms with E-state index in [4.69, 9.17) is 20.6 Å². The molecule has 1 aliphatic rings. The van der Waals surface area contributed by atoms with Crippen LogP contribution in [0.15, 0.2) is 40.4 Å². The molecule has 3 heterocycles. The fourth-order valence-corrected chi connectivity index (χ4v) is 7.54. The third-order valence-electron chi connectivity index (χ3n) is 8.56. The average Bonchev–Trinajstić information content (AvgIpc) is 3.63. The zero-order valence-electron chi connectivity index (χ0n) is 26.0. The maximum atomic E-state index is 14.2. The molecule has 4 atom stereocenters. The lowest BCUT2D eigenvalue weighted by molar-refractivity contribution is -0.141. The predicted octanol–water partition coefficient (Wildman–Crippen LogP) is 7.37. The van der Waals surface area contributed by atoms with E-state index in [1.54, 1.807) is 10.4 Å². The van der Waals surface area contributed by atoms with Crippen molar-refractivity contribution in [1.29, 1.82) is 0 Å². The number of thiazole rings is 1. The first-order chi connectivity index (χ1) is 19.6. The van der Waals surface area contributed by atoms with Crippen LogP contribution in [0.3, 0.4) is 0 Å². The predicted molar refractivity (Wildman–Crippen MR) is 170 cm³/mol. The molecule has 2 aromatic heterocycles. The number of carbonyl (C=O) groups is 2. The van der Waals surface area contributed by atoms with Gasteiger partial charge in [0.15, 0.2) is 8.32 Å². The van der Waals surface area contributed by atoms with E-state index in [2.05, 4.69) is 49.3 Å². The van der Waals surface area contributed by atoms with Gasteiger partial charge in [0.2, 0.25) is 11.8 Å². The fraction of sp³-hybridized carbons (Fsp3) is 0.548. The molecule has 0 bridgehead atoms. The number of rotatable bonds is 9. The topological polar surface area (TPSA) is 97.6 Å². The van der Waals surface area contributed by atoms with E-state index in [0.717, 1.165) is 21.7 Å². The van der Waals surface area contributed by atoms with Crippen LogP contribution in [0.2, 0.25) is 23.3 Å². The van der Waals surface area contributed by atoms with Crippen molar-refractivity contribution in [2.24, 2.45) is 5.92 Å². The van der Waals surface area contributed by atoms with Gasteiger partial charge in [-0.1, -0.05) is 75.6 Å². The fourth-order valence-electron chi connectivity index (χ4n) is 5.15. The van der Waals surface area contributed by atoms with E-state index >= 15 is 0 Å². The summed E-state index contributed by atoms with van der Waals surface area (Å²) in [5.41, 5.74) is 4.37. The van der Waals surface area contributed by atoms with Crippen LogP contribution in [-0.2, 0) is 14.0 Å². The molecule has 3 aromatic rings. The minimum Gasteiger partial charge on any atom is -0.412 e. The van der Waals surface area contributed by atoms with Crippen LogP contribution in [0.4, 0.5) is 0 Å². The SMILES string of the molecule is Cc1cc([C@H](C(=O)N2C[C@H](O[Si](C)(C)C(C)(C)C)C[C@H]2C(=O)N[C@@H](C)c2ccc(-c3scnc3Cl)cc2)C(C)C)on1. The summed E-state index contributed by atoms with van der Waals surface area (Å²) >= 11 is 7.70. The van der Waals surface area contributed by atoms with Crippen molar-refractivity contribution in [1.82, 2.24) is 20.4 Å². The molecule has 11 heteroatoms. The lowest BCUT2D eigenvalue weighted by atomic mass is 9.91. The number of aryl methyl sites for hydroxylation is 1. The van der Waals surface area contributed by atoms with Gasteiger partial charge >= 0.3 is 0 Å². The molecule has 228 valence electrons. The Morgan fingerprint density at radius 1 is 1.19 bits per heavy atom. The number of carbonyl (C=O) groups excluding carboxylic acids is 2. The van der Waals surface area contributed by atoms with Gasteiger partial charge in [-0.3, -0.25) is 9.59 Å². The second kappa shape index (κ2) is 12.6. The average molecular weight is 631 g/mol. The summed E-state index contributed by atoms with van der Waals surface area (Å²) < 4.78 is 12.3. The molecule has 1 fully saturated rings. The Morgan fingerprint density at radius 2 is 1.86 bits per heavy atom. The van der Waals surface area contributed by atoms with Crippen molar-refractivity contribution in [3.8, 4) is 10.4 Å². The molecule has 4 rings (SSSR count). The highest BCUT2D eigenvalue weighted by molar-refractivity contribution is 7.13. The Bertz CT molecular complexity index is 1400. The summed E-state index contributed by atoms with van der Waals surface area (Å²) in [6.45, 7) is 19.1. The van der Waals surface area contributed by atoms with E-state index < -0.39 is 20.3 Å². The lowest BCUT2D eigenvalue weighted by Gasteiger charge is -2.38. The van der Waals surface area contributed by atoms with E-state index in [1.165, 1.54) is 11.3 Å². The highest BCUT2D eigenvalue weighted by atomic mass is 35.5. The van der Waals surface area contributed by atoms with Gasteiger partial charge in [0.25, 0.3) is 0 Å². The summed E-state index contributed by atoms with van der Waals surface area (Å²) in [6.07, 6.45) is 0.216. The molecule has 0 spiro atoms. The molecule has 42 heavy (non-hydrogen) atoms. The highest BCUT2D eigenvalue weighted by Crippen LogP contribution is 2.40. The number of likely N-dealkylation sites (tertiary alicyclic amines) is 1. The molecule has 1 aliphatic heterocycles. The first kappa shape index (κ1) is 32.4. The van der Waals surface area contributed by atoms with Crippen molar-refractivity contribution in [3.63, 3.8) is 0 Å². The van der Waals surface area contributed by atoms with Crippen molar-refractivity contribution in [3.05, 3.63) is 58.0 Å². The molecular formula is C31H43ClN4O4SSi. The number of aromatic nitrogens is 2. The Morgan fingerprint density at radius 3 is 2.38 bits per heavy atom. The second-order valence-electron chi connectivity index (χ2n) is 13.2. The van der Waals surface area contributed by atoms with Crippen LogP contribution >= 0.6 is 22.9 Å². The molecule has 0 aliphatic carbocycles. The van der Waals surface area contributed by atoms with Crippen molar-refractivity contribution < 1.29 is 18.5 Å². The number of hydrogen-bond donors (Lipinski definition) is 1. The highest BCUT2D eigenvalue weighted by Gasteiger charge is 2.47. The Kier molecular flexibility index (Phi) is 9.71. The van der Waals surface area contributed by atoms with Gasteiger partial charge in [0.05, 0.1) is 28.2 Å². The minimum absolute atomic E-state index is 0.00406. The van der Waals surface area contributed by atoms with E-state index in [1.807, 2.05) is 58.0 Å². The van der Waals surface area contributed by atoms with Gasteiger partial charge in [0.1, 0.15) is 22.9 Å². The third-order valence-corrected chi connectivity index (χ3v) is 14.4. The number of halogens is 1. The standard InChI is InChI=1S/C31H43ClN4O4SSi/c1-18(2)26(25-14-19(3)35-39-25)30(38)36-16-23(40-42(8,9)31(5,6)7)15-24(36)29(37)34-20(4)21-10-12-22(13-11-21)27-28(32)33-17-41-27/h10-14,17-18,20,23-24,26H,15-16H2,1-9H3,(H,34,37)/t20-,23+,24-,26+/m0/s1. The quantitative estimate of drug-likeness (QED) is 0.248. The molecule has 8 nitrogen and oxygen atoms in total. The maximum Gasteiger partial charge on any atom is 0.243 e. The van der Waals surface area contributed by atoms with Crippen molar-refractivity contribution in [2.75, 3.05) is 6.54 Å². The Balaban J connectivity index is 1.56. The zero-order chi connectivity index (χ0) is 31.0. The maximum absolute atomic E-state index is 14.2. The van der Waals surface area contributed by atoms with Crippen LogP contribution < -0.4 is 5.32 Å². The molecule has 2 amide bonds. The largest absolute Gasteiger partial charge is 0.412 e. The lowest BCUT2D eigenvalue weighted by Crippen LogP contribution is -2.48. The van der Waals surface area contributed by atoms with E-state index in [9.17, 15) is 9.59 Å². The monoisotopic (exact) mass is 630 g/mol. The minimum atomic E-state index is -2.14. The number of nitrogens with zero attached hydrogens (tertiary/aromatic N) is 3. The van der Waals surface area contributed by atoms with Crippen LogP contribution in [-0.4, -0.2) is 53.9 Å². The van der Waals surface area contributed by atoms with Gasteiger partial charge in [-0.25, -0.2) is 4.98 Å². The first-order valence-electron chi connectivity index (χ1n) is 14.5. The van der Waals surface area contributed by atoms with Crippen LogP contribution in [0.5, 0.6) is 0 Å². The molecule has 1 aromatic carbocycles. The molecule has 0 radical (unpaired) electrons. The van der Waals surface area contributed by atoms with Crippen LogP contribution in [0, 0.1) is 12.8 Å². The van der Waals surface area contributed by atoms with Crippen LogP contribution in [0.25, 0.3) is 10.4 Å². The van der Waals surface area contributed by atoms with Gasteiger partial charge in [-0.15, -0.1) is 11.3 Å². The summed E-state index contributed by atoms with van der Waals surface area (Å²) in [7, 11) is -2.14. The molecule has 1 saturated heterocycles. The number of hydrogen-bond acceptors (Lipinski definition) is 7. The summed E-state index contributed by atoms with van der Waals surface area (Å²) in [4.78, 5) is 34.8. The number of nitrogens with one attached hydrogen (secondary N) is 1. The zero-order valence-corrected chi connectivity index (χ0v) is 28.6. The summed E-state index contributed by atoms with van der Waals surface area (Å²) in [5, 5.41) is 7.67. The summed E-state index contributed by atoms with van der Waals surface area (Å²) in [6, 6.07) is 8.82. The number of amides is 2. The van der Waals surface area contributed by atoms with Crippen molar-refractivity contribution >= 4 is 43.1 Å². The van der Waals surface area contributed by atoms with Gasteiger partial charge in [-0.05, 0) is 49.0 Å². The second-order valence-corrected chi connectivity index (χ2v) is 19.1. The number of benzene rings is 1. The Hall–Kier alpha value is -2.53. The molecule has 0 unspecified atom stereocenters. The third kappa shape index (κ3) is 6.98. The first-order valence-corrected chi connectivity index (χ1v) is 18.7. The van der Waals surface area contributed by atoms with Crippen molar-refractivity contribution in [2.45, 2.75) is 97.1 Å². The van der Waals surface area contributed by atoms with E-state index in [-0.39, 0.29) is 34.9 Å².